The minimum Gasteiger partial charge on any atom is -0.432 e. The highest BCUT2D eigenvalue weighted by molar-refractivity contribution is 9.11. The number of benzene rings is 1. The smallest absolute Gasteiger partial charge is 0.387 e. The van der Waals surface area contributed by atoms with Crippen LogP contribution in [0.15, 0.2) is 28.1 Å². The zero-order valence-corrected chi connectivity index (χ0v) is 13.7. The lowest BCUT2D eigenvalue weighted by Gasteiger charge is -2.12. The van der Waals surface area contributed by atoms with Gasteiger partial charge in [0.1, 0.15) is 0 Å². The quantitative estimate of drug-likeness (QED) is 0.659. The summed E-state index contributed by atoms with van der Waals surface area (Å²) in [6, 6.07) is 6.90. The van der Waals surface area contributed by atoms with E-state index in [1.807, 2.05) is 12.1 Å². The second-order valence-corrected chi connectivity index (χ2v) is 7.07. The van der Waals surface area contributed by atoms with E-state index in [0.29, 0.717) is 12.2 Å². The van der Waals surface area contributed by atoms with Crippen molar-refractivity contribution >= 4 is 56.2 Å². The van der Waals surface area contributed by atoms with Gasteiger partial charge in [0.05, 0.1) is 13.8 Å². The molecule has 0 aliphatic carbocycles. The van der Waals surface area contributed by atoms with Crippen molar-refractivity contribution in [2.45, 2.75) is 13.2 Å². The van der Waals surface area contributed by atoms with E-state index in [1.54, 1.807) is 11.3 Å². The second kappa shape index (κ2) is 6.93. The lowest BCUT2D eigenvalue weighted by Crippen LogP contribution is -2.04. The van der Waals surface area contributed by atoms with Crippen LogP contribution in [-0.2, 0) is 6.54 Å². The molecule has 1 heterocycles. The average Bonchev–Trinajstić information content (AvgIpc) is 2.77. The zero-order chi connectivity index (χ0) is 14.7. The van der Waals surface area contributed by atoms with Crippen LogP contribution in [0, 0.1) is 0 Å². The van der Waals surface area contributed by atoms with Crippen molar-refractivity contribution in [1.29, 1.82) is 0 Å². The molecular weight excluding hydrogens is 395 g/mol. The van der Waals surface area contributed by atoms with Crippen molar-refractivity contribution in [2.24, 2.45) is 0 Å². The molecule has 0 amide bonds. The molecule has 0 bridgehead atoms. The van der Waals surface area contributed by atoms with Gasteiger partial charge in [-0.25, -0.2) is 0 Å². The maximum Gasteiger partial charge on any atom is 0.387 e. The second-order valence-electron chi connectivity index (χ2n) is 3.71. The van der Waals surface area contributed by atoms with E-state index in [1.165, 1.54) is 12.1 Å². The van der Waals surface area contributed by atoms with Gasteiger partial charge in [0.25, 0.3) is 0 Å². The number of nitrogens with one attached hydrogen (secondary N) is 1. The molecule has 0 saturated carbocycles. The summed E-state index contributed by atoms with van der Waals surface area (Å²) in [7, 11) is 0. The summed E-state index contributed by atoms with van der Waals surface area (Å²) in [5.74, 6) is -0.215. The van der Waals surface area contributed by atoms with Crippen LogP contribution >= 0.6 is 50.5 Å². The predicted octanol–water partition coefficient (Wildman–Crippen LogP) is 6.03. The number of ether oxygens (including phenoxy) is 1. The SMILES string of the molecule is FC(F)Oc1c(Cl)cc(NCc2ccc(Br)s2)cc1Cl. The predicted molar refractivity (Wildman–Crippen MR) is 82.4 cm³/mol. The highest BCUT2D eigenvalue weighted by Crippen LogP contribution is 2.37. The maximum atomic E-state index is 12.2. The molecule has 8 heteroatoms. The number of hydrogen-bond donors (Lipinski definition) is 1. The molecule has 20 heavy (non-hydrogen) atoms. The van der Waals surface area contributed by atoms with Crippen molar-refractivity contribution in [3.05, 3.63) is 43.0 Å². The number of anilines is 1. The zero-order valence-electron chi connectivity index (χ0n) is 9.80. The molecule has 0 aliphatic rings. The van der Waals surface area contributed by atoms with E-state index in [2.05, 4.69) is 26.0 Å². The normalized spacial score (nSPS) is 10.9. The molecule has 2 aromatic rings. The Hall–Kier alpha value is -0.560. The van der Waals surface area contributed by atoms with Gasteiger partial charge in [-0.1, -0.05) is 23.2 Å². The standard InChI is InChI=1S/C12H8BrCl2F2NOS/c13-10-2-1-7(20-10)5-18-6-3-8(14)11(9(15)4-6)19-12(16)17/h1-4,12,18H,5H2. The molecule has 108 valence electrons. The fourth-order valence-electron chi connectivity index (χ4n) is 1.50. The average molecular weight is 403 g/mol. The van der Waals surface area contributed by atoms with E-state index in [9.17, 15) is 8.78 Å². The van der Waals surface area contributed by atoms with Gasteiger partial charge in [0.2, 0.25) is 0 Å². The highest BCUT2D eigenvalue weighted by atomic mass is 79.9. The maximum absolute atomic E-state index is 12.2. The van der Waals surface area contributed by atoms with Crippen LogP contribution in [0.2, 0.25) is 10.0 Å². The van der Waals surface area contributed by atoms with Gasteiger partial charge in [-0.3, -0.25) is 0 Å². The van der Waals surface area contributed by atoms with Gasteiger partial charge in [-0.15, -0.1) is 11.3 Å². The van der Waals surface area contributed by atoms with Crippen LogP contribution in [-0.4, -0.2) is 6.61 Å². The summed E-state index contributed by atoms with van der Waals surface area (Å²) in [6.45, 7) is -2.38. The largest absolute Gasteiger partial charge is 0.432 e. The first kappa shape index (κ1) is 15.8. The van der Waals surface area contributed by atoms with Crippen molar-refractivity contribution < 1.29 is 13.5 Å². The first-order valence-electron chi connectivity index (χ1n) is 5.37. The van der Waals surface area contributed by atoms with Gasteiger partial charge in [-0.05, 0) is 40.2 Å². The Morgan fingerprint density at radius 2 is 1.90 bits per heavy atom. The Balaban J connectivity index is 2.09. The lowest BCUT2D eigenvalue weighted by atomic mass is 10.3. The summed E-state index contributed by atoms with van der Waals surface area (Å²) >= 11 is 16.7. The molecule has 1 N–H and O–H groups in total. The van der Waals surface area contributed by atoms with Crippen molar-refractivity contribution in [3.8, 4) is 5.75 Å². The molecule has 0 saturated heterocycles. The van der Waals surface area contributed by atoms with Gasteiger partial charge in [0.15, 0.2) is 5.75 Å². The summed E-state index contributed by atoms with van der Waals surface area (Å²) in [5.41, 5.74) is 0.631. The Morgan fingerprint density at radius 1 is 1.25 bits per heavy atom. The van der Waals surface area contributed by atoms with E-state index in [-0.39, 0.29) is 15.8 Å². The van der Waals surface area contributed by atoms with Crippen molar-refractivity contribution in [3.63, 3.8) is 0 Å². The van der Waals surface area contributed by atoms with Crippen molar-refractivity contribution in [2.75, 3.05) is 5.32 Å². The van der Waals surface area contributed by atoms with E-state index in [0.717, 1.165) is 8.66 Å². The van der Waals surface area contributed by atoms with E-state index in [4.69, 9.17) is 23.2 Å². The molecule has 0 unspecified atom stereocenters. The summed E-state index contributed by atoms with van der Waals surface area (Å²) < 4.78 is 29.7. The molecule has 2 nitrogen and oxygen atoms in total. The molecule has 2 rings (SSSR count). The Kier molecular flexibility index (Phi) is 5.49. The van der Waals surface area contributed by atoms with Crippen LogP contribution in [0.1, 0.15) is 4.88 Å². The molecule has 0 aliphatic heterocycles. The van der Waals surface area contributed by atoms with Crippen molar-refractivity contribution in [1.82, 2.24) is 0 Å². The van der Waals surface area contributed by atoms with Gasteiger partial charge < -0.3 is 10.1 Å². The number of thiophene rings is 1. The topological polar surface area (TPSA) is 21.3 Å². The monoisotopic (exact) mass is 401 g/mol. The fourth-order valence-corrected chi connectivity index (χ4v) is 3.50. The van der Waals surface area contributed by atoms with Crippen LogP contribution in [0.4, 0.5) is 14.5 Å². The van der Waals surface area contributed by atoms with Crippen LogP contribution in [0.25, 0.3) is 0 Å². The Bertz CT molecular complexity index is 586. The minimum atomic E-state index is -2.97. The number of rotatable bonds is 5. The molecule has 0 atom stereocenters. The lowest BCUT2D eigenvalue weighted by molar-refractivity contribution is -0.0497. The molecule has 1 aromatic carbocycles. The molecule has 1 aromatic heterocycles. The number of hydrogen-bond acceptors (Lipinski definition) is 3. The van der Waals surface area contributed by atoms with Gasteiger partial charge >= 0.3 is 6.61 Å². The third-order valence-electron chi connectivity index (χ3n) is 2.30. The first-order valence-corrected chi connectivity index (χ1v) is 7.74. The van der Waals surface area contributed by atoms with Crippen LogP contribution in [0.3, 0.4) is 0 Å². The van der Waals surface area contributed by atoms with E-state index < -0.39 is 6.61 Å². The molecule has 0 radical (unpaired) electrons. The number of alkyl halides is 2. The summed E-state index contributed by atoms with van der Waals surface area (Å²) in [5, 5.41) is 3.18. The third-order valence-corrected chi connectivity index (χ3v) is 4.49. The Morgan fingerprint density at radius 3 is 2.40 bits per heavy atom. The molecule has 0 spiro atoms. The summed E-state index contributed by atoms with van der Waals surface area (Å²) in [6.07, 6.45) is 0. The molecular formula is C12H8BrCl2F2NOS. The van der Waals surface area contributed by atoms with Gasteiger partial charge in [0, 0.05) is 17.1 Å². The van der Waals surface area contributed by atoms with Crippen LogP contribution < -0.4 is 10.1 Å². The minimum absolute atomic E-state index is 0.0349. The number of halogens is 5. The highest BCUT2D eigenvalue weighted by Gasteiger charge is 2.14. The van der Waals surface area contributed by atoms with Crippen LogP contribution in [0.5, 0.6) is 5.75 Å². The Labute approximate surface area is 136 Å². The fraction of sp³-hybridized carbons (Fsp3) is 0.167. The molecule has 0 fully saturated rings. The summed E-state index contributed by atoms with van der Waals surface area (Å²) in [4.78, 5) is 1.11. The van der Waals surface area contributed by atoms with Gasteiger partial charge in [-0.2, -0.15) is 8.78 Å². The first-order chi connectivity index (χ1) is 9.45. The third kappa shape index (κ3) is 4.22. The van der Waals surface area contributed by atoms with E-state index >= 15 is 0 Å².